The van der Waals surface area contributed by atoms with E-state index in [1.807, 2.05) is 6.07 Å². The van der Waals surface area contributed by atoms with E-state index in [9.17, 15) is 0 Å². The zero-order valence-corrected chi connectivity index (χ0v) is 27.4. The van der Waals surface area contributed by atoms with Gasteiger partial charge in [-0.15, -0.1) is 0 Å². The summed E-state index contributed by atoms with van der Waals surface area (Å²) >= 11 is 7.05. The van der Waals surface area contributed by atoms with E-state index in [1.165, 1.54) is 43.7 Å². The molecule has 0 aliphatic rings. The fraction of sp³-hybridized carbons (Fsp3) is 0. The Morgan fingerprint density at radius 1 is 0.388 bits per heavy atom. The summed E-state index contributed by atoms with van der Waals surface area (Å²) in [6.45, 7) is 0. The highest BCUT2D eigenvalue weighted by Crippen LogP contribution is 2.44. The standard InChI is InChI=1S/C46H31ClN2/c47-35-28-34(29-39(30-35)48(36-16-6-2-7-17-36)38-26-24-33(25-27-38)32-14-4-1-5-15-32)43-31-45-46(41-21-11-10-20-40(41)43)42-22-12-13-23-44(42)49(45)37-18-8-3-9-19-37/h1-31H. The molecule has 0 saturated carbocycles. The van der Waals surface area contributed by atoms with Crippen LogP contribution in [0.1, 0.15) is 0 Å². The molecule has 0 aliphatic carbocycles. The molecule has 8 aromatic carbocycles. The number of anilines is 3. The number of halogens is 1. The average molecular weight is 647 g/mol. The molecule has 2 nitrogen and oxygen atoms in total. The molecule has 0 spiro atoms. The number of aromatic nitrogens is 1. The van der Waals surface area contributed by atoms with Crippen LogP contribution in [-0.2, 0) is 0 Å². The van der Waals surface area contributed by atoms with Gasteiger partial charge in [0.25, 0.3) is 0 Å². The molecule has 0 unspecified atom stereocenters. The van der Waals surface area contributed by atoms with Gasteiger partial charge in [0.15, 0.2) is 0 Å². The first-order chi connectivity index (χ1) is 24.2. The Hall–Kier alpha value is -6.09. The Balaban J connectivity index is 1.27. The van der Waals surface area contributed by atoms with Gasteiger partial charge in [0.2, 0.25) is 0 Å². The number of benzene rings is 8. The predicted octanol–water partition coefficient (Wildman–Crippen LogP) is 13.4. The van der Waals surface area contributed by atoms with Crippen molar-refractivity contribution in [2.75, 3.05) is 4.90 Å². The van der Waals surface area contributed by atoms with Gasteiger partial charge in [-0.1, -0.05) is 133 Å². The second-order valence-corrected chi connectivity index (χ2v) is 12.8. The van der Waals surface area contributed by atoms with Crippen LogP contribution in [0.15, 0.2) is 188 Å². The van der Waals surface area contributed by atoms with E-state index in [0.717, 1.165) is 33.9 Å². The van der Waals surface area contributed by atoms with Crippen LogP contribution in [-0.4, -0.2) is 4.57 Å². The number of rotatable bonds is 6. The SMILES string of the molecule is Clc1cc(-c2cc3c(c4ccccc24)c2ccccc2n3-c2ccccc2)cc(N(c2ccccc2)c2ccc(-c3ccccc3)cc2)c1. The Morgan fingerprint density at radius 3 is 1.69 bits per heavy atom. The van der Waals surface area contributed by atoms with Crippen molar-refractivity contribution in [1.29, 1.82) is 0 Å². The molecule has 0 fully saturated rings. The maximum atomic E-state index is 7.05. The summed E-state index contributed by atoms with van der Waals surface area (Å²) in [5, 5.41) is 5.59. The lowest BCUT2D eigenvalue weighted by Gasteiger charge is -2.26. The smallest absolute Gasteiger partial charge is 0.0553 e. The minimum atomic E-state index is 0.683. The number of hydrogen-bond acceptors (Lipinski definition) is 1. The Morgan fingerprint density at radius 2 is 0.959 bits per heavy atom. The third kappa shape index (κ3) is 5.14. The van der Waals surface area contributed by atoms with Gasteiger partial charge < -0.3 is 9.47 Å². The van der Waals surface area contributed by atoms with E-state index in [4.69, 9.17) is 11.6 Å². The molecule has 9 aromatic rings. The molecular formula is C46H31ClN2. The van der Waals surface area contributed by atoms with Crippen LogP contribution in [0.25, 0.3) is 60.5 Å². The first kappa shape index (κ1) is 29.1. The van der Waals surface area contributed by atoms with Gasteiger partial charge in [-0.3, -0.25) is 0 Å². The molecule has 0 saturated heterocycles. The summed E-state index contributed by atoms with van der Waals surface area (Å²) in [6.07, 6.45) is 0. The molecular weight excluding hydrogens is 616 g/mol. The molecule has 0 aliphatic heterocycles. The van der Waals surface area contributed by atoms with Crippen molar-refractivity contribution in [2.24, 2.45) is 0 Å². The van der Waals surface area contributed by atoms with E-state index in [2.05, 4.69) is 191 Å². The summed E-state index contributed by atoms with van der Waals surface area (Å²) < 4.78 is 2.39. The van der Waals surface area contributed by atoms with Crippen LogP contribution in [0.2, 0.25) is 5.02 Å². The number of nitrogens with zero attached hydrogens (tertiary/aromatic N) is 2. The topological polar surface area (TPSA) is 8.17 Å². The highest BCUT2D eigenvalue weighted by atomic mass is 35.5. The van der Waals surface area contributed by atoms with Crippen molar-refractivity contribution < 1.29 is 0 Å². The van der Waals surface area contributed by atoms with Crippen LogP contribution in [0.5, 0.6) is 0 Å². The van der Waals surface area contributed by atoms with E-state index in [1.54, 1.807) is 0 Å². The lowest BCUT2D eigenvalue weighted by molar-refractivity contribution is 1.18. The quantitative estimate of drug-likeness (QED) is 0.174. The van der Waals surface area contributed by atoms with Gasteiger partial charge in [-0.05, 0) is 99.8 Å². The van der Waals surface area contributed by atoms with E-state index >= 15 is 0 Å². The van der Waals surface area contributed by atoms with Gasteiger partial charge in [0.1, 0.15) is 0 Å². The lowest BCUT2D eigenvalue weighted by Crippen LogP contribution is -2.10. The molecule has 0 atom stereocenters. The molecule has 232 valence electrons. The summed E-state index contributed by atoms with van der Waals surface area (Å²) in [6, 6.07) is 66.6. The van der Waals surface area contributed by atoms with E-state index in [0.29, 0.717) is 5.02 Å². The minimum Gasteiger partial charge on any atom is -0.310 e. The zero-order valence-electron chi connectivity index (χ0n) is 26.7. The molecule has 1 heterocycles. The summed E-state index contributed by atoms with van der Waals surface area (Å²) in [5.74, 6) is 0. The fourth-order valence-corrected chi connectivity index (χ4v) is 7.47. The molecule has 0 bridgehead atoms. The van der Waals surface area contributed by atoms with Gasteiger partial charge in [0, 0.05) is 38.5 Å². The lowest BCUT2D eigenvalue weighted by atomic mass is 9.94. The van der Waals surface area contributed by atoms with Crippen molar-refractivity contribution in [3.8, 4) is 27.9 Å². The van der Waals surface area contributed by atoms with Crippen molar-refractivity contribution in [2.45, 2.75) is 0 Å². The van der Waals surface area contributed by atoms with Crippen LogP contribution >= 0.6 is 11.6 Å². The van der Waals surface area contributed by atoms with Crippen molar-refractivity contribution in [1.82, 2.24) is 4.57 Å². The Labute approximate surface area is 290 Å². The summed E-state index contributed by atoms with van der Waals surface area (Å²) in [4.78, 5) is 2.28. The van der Waals surface area contributed by atoms with Gasteiger partial charge in [0.05, 0.1) is 11.0 Å². The molecule has 3 heteroatoms. The number of fused-ring (bicyclic) bond motifs is 5. The Kier molecular flexibility index (Phi) is 7.22. The fourth-order valence-electron chi connectivity index (χ4n) is 7.24. The first-order valence-corrected chi connectivity index (χ1v) is 16.9. The second kappa shape index (κ2) is 12.2. The van der Waals surface area contributed by atoms with Crippen LogP contribution in [0, 0.1) is 0 Å². The maximum absolute atomic E-state index is 7.05. The van der Waals surface area contributed by atoms with Crippen molar-refractivity contribution in [3.05, 3.63) is 193 Å². The minimum absolute atomic E-state index is 0.683. The number of hydrogen-bond donors (Lipinski definition) is 0. The van der Waals surface area contributed by atoms with Crippen LogP contribution in [0.4, 0.5) is 17.1 Å². The third-order valence-corrected chi connectivity index (χ3v) is 9.61. The van der Waals surface area contributed by atoms with Crippen LogP contribution < -0.4 is 4.90 Å². The largest absolute Gasteiger partial charge is 0.310 e. The van der Waals surface area contributed by atoms with E-state index < -0.39 is 0 Å². The summed E-state index contributed by atoms with van der Waals surface area (Å²) in [5.41, 5.74) is 11.2. The van der Waals surface area contributed by atoms with Crippen molar-refractivity contribution >= 4 is 61.2 Å². The zero-order chi connectivity index (χ0) is 32.7. The normalized spacial score (nSPS) is 11.4. The van der Waals surface area contributed by atoms with Gasteiger partial charge >= 0.3 is 0 Å². The molecule has 1 aromatic heterocycles. The third-order valence-electron chi connectivity index (χ3n) is 9.39. The molecule has 49 heavy (non-hydrogen) atoms. The molecule has 0 radical (unpaired) electrons. The van der Waals surface area contributed by atoms with Crippen LogP contribution in [0.3, 0.4) is 0 Å². The second-order valence-electron chi connectivity index (χ2n) is 12.3. The van der Waals surface area contributed by atoms with Gasteiger partial charge in [-0.25, -0.2) is 0 Å². The monoisotopic (exact) mass is 646 g/mol. The predicted molar refractivity (Wildman–Crippen MR) is 209 cm³/mol. The number of para-hydroxylation sites is 3. The molecule has 0 amide bonds. The Bertz CT molecular complexity index is 2590. The highest BCUT2D eigenvalue weighted by Gasteiger charge is 2.20. The highest BCUT2D eigenvalue weighted by molar-refractivity contribution is 6.31. The average Bonchev–Trinajstić information content (AvgIpc) is 3.50. The van der Waals surface area contributed by atoms with Gasteiger partial charge in [-0.2, -0.15) is 0 Å². The summed E-state index contributed by atoms with van der Waals surface area (Å²) in [7, 11) is 0. The first-order valence-electron chi connectivity index (χ1n) is 16.5. The maximum Gasteiger partial charge on any atom is 0.0553 e. The van der Waals surface area contributed by atoms with E-state index in [-0.39, 0.29) is 0 Å². The molecule has 9 rings (SSSR count). The molecule has 0 N–H and O–H groups in total. The van der Waals surface area contributed by atoms with Crippen molar-refractivity contribution in [3.63, 3.8) is 0 Å².